The molecule has 0 N–H and O–H groups in total. The molecule has 0 rings (SSSR count). The predicted molar refractivity (Wildman–Crippen MR) is 52.6 cm³/mol. The van der Waals surface area contributed by atoms with E-state index in [-0.39, 0.29) is 11.5 Å². The predicted octanol–water partition coefficient (Wildman–Crippen LogP) is 3.73. The van der Waals surface area contributed by atoms with E-state index in [1.807, 2.05) is 0 Å². The van der Waals surface area contributed by atoms with Crippen LogP contribution in [0.5, 0.6) is 0 Å². The molecular formula is C9H14F4OS. The second-order valence-electron chi connectivity index (χ2n) is 3.23. The highest BCUT2D eigenvalue weighted by Crippen LogP contribution is 2.28. The number of carbonyl (C=O) groups excluding carboxylic acids is 1. The second kappa shape index (κ2) is 7.09. The van der Waals surface area contributed by atoms with Crippen LogP contribution in [-0.4, -0.2) is 23.2 Å². The van der Waals surface area contributed by atoms with Crippen molar-refractivity contribution in [2.45, 2.75) is 45.0 Å². The Balaban J connectivity index is 3.59. The van der Waals surface area contributed by atoms with Crippen LogP contribution in [0.2, 0.25) is 0 Å². The van der Waals surface area contributed by atoms with Crippen molar-refractivity contribution in [3.63, 3.8) is 0 Å². The van der Waals surface area contributed by atoms with Gasteiger partial charge >= 0.3 is 0 Å². The number of halogens is 4. The van der Waals surface area contributed by atoms with Gasteiger partial charge in [-0.2, -0.15) is 0 Å². The number of carbonyl (C=O) groups is 1. The fourth-order valence-corrected chi connectivity index (χ4v) is 1.57. The second-order valence-corrected chi connectivity index (χ2v) is 4.50. The maximum atomic E-state index is 12.9. The van der Waals surface area contributed by atoms with Crippen LogP contribution >= 0.6 is 11.8 Å². The molecule has 0 aliphatic heterocycles. The largest absolute Gasteiger partial charge is 0.288 e. The molecule has 0 heterocycles. The van der Waals surface area contributed by atoms with E-state index in [2.05, 4.69) is 0 Å². The van der Waals surface area contributed by atoms with Gasteiger partial charge < -0.3 is 0 Å². The summed E-state index contributed by atoms with van der Waals surface area (Å²) in [6.45, 7) is 1.36. The number of rotatable bonds is 7. The van der Waals surface area contributed by atoms with Gasteiger partial charge in [-0.3, -0.25) is 4.79 Å². The summed E-state index contributed by atoms with van der Waals surface area (Å²) in [4.78, 5) is 10.5. The van der Waals surface area contributed by atoms with E-state index < -0.39 is 31.6 Å². The van der Waals surface area contributed by atoms with Gasteiger partial charge in [0.2, 0.25) is 12.3 Å². The highest BCUT2D eigenvalue weighted by atomic mass is 32.2. The van der Waals surface area contributed by atoms with E-state index >= 15 is 0 Å². The summed E-state index contributed by atoms with van der Waals surface area (Å²) in [5.74, 6) is -2.71. The van der Waals surface area contributed by atoms with Crippen LogP contribution in [0, 0.1) is 0 Å². The molecule has 0 aliphatic carbocycles. The summed E-state index contributed by atoms with van der Waals surface area (Å²) >= 11 is 0.976. The average Bonchev–Trinajstić information content (AvgIpc) is 2.09. The average molecular weight is 246 g/mol. The van der Waals surface area contributed by atoms with Crippen LogP contribution in [0.3, 0.4) is 0 Å². The van der Waals surface area contributed by atoms with E-state index in [1.54, 1.807) is 0 Å². The Hall–Kier alpha value is -0.260. The Morgan fingerprint density at radius 3 is 2.40 bits per heavy atom. The smallest absolute Gasteiger partial charge is 0.248 e. The Bertz CT molecular complexity index is 197. The van der Waals surface area contributed by atoms with Crippen molar-refractivity contribution in [1.29, 1.82) is 0 Å². The first-order chi connectivity index (χ1) is 6.83. The topological polar surface area (TPSA) is 17.1 Å². The van der Waals surface area contributed by atoms with Crippen LogP contribution in [0.1, 0.15) is 32.6 Å². The summed E-state index contributed by atoms with van der Waals surface area (Å²) < 4.78 is 49.1. The molecule has 0 fully saturated rings. The van der Waals surface area contributed by atoms with E-state index in [0.717, 1.165) is 11.8 Å². The van der Waals surface area contributed by atoms with Gasteiger partial charge in [0.15, 0.2) is 5.12 Å². The van der Waals surface area contributed by atoms with E-state index in [4.69, 9.17) is 0 Å². The third-order valence-electron chi connectivity index (χ3n) is 1.72. The molecule has 0 atom stereocenters. The van der Waals surface area contributed by atoms with E-state index in [0.29, 0.717) is 5.75 Å². The zero-order valence-electron chi connectivity index (χ0n) is 8.44. The molecule has 0 aromatic carbocycles. The van der Waals surface area contributed by atoms with Gasteiger partial charge in [0.05, 0.1) is 0 Å². The fourth-order valence-electron chi connectivity index (χ4n) is 0.992. The molecule has 0 saturated heterocycles. The van der Waals surface area contributed by atoms with Gasteiger partial charge in [0.1, 0.15) is 0 Å². The van der Waals surface area contributed by atoms with Gasteiger partial charge in [-0.1, -0.05) is 11.8 Å². The van der Waals surface area contributed by atoms with Gasteiger partial charge in [0.25, 0.3) is 0 Å². The summed E-state index contributed by atoms with van der Waals surface area (Å²) in [6.07, 6.45) is -4.49. The van der Waals surface area contributed by atoms with Crippen molar-refractivity contribution >= 4 is 16.9 Å². The highest BCUT2D eigenvalue weighted by molar-refractivity contribution is 8.13. The van der Waals surface area contributed by atoms with Gasteiger partial charge in [-0.15, -0.1) is 0 Å². The minimum Gasteiger partial charge on any atom is -0.288 e. The SMILES string of the molecule is CC(=O)SCCCC(F)(F)CCC(F)F. The summed E-state index contributed by atoms with van der Waals surface area (Å²) in [6, 6.07) is 0. The fraction of sp³-hybridized carbons (Fsp3) is 0.889. The quantitative estimate of drug-likeness (QED) is 0.503. The lowest BCUT2D eigenvalue weighted by atomic mass is 10.1. The van der Waals surface area contributed by atoms with Crippen LogP contribution in [0.15, 0.2) is 0 Å². The van der Waals surface area contributed by atoms with Crippen molar-refractivity contribution < 1.29 is 22.4 Å². The molecule has 1 nitrogen and oxygen atoms in total. The maximum Gasteiger partial charge on any atom is 0.248 e. The molecule has 0 aliphatic rings. The Morgan fingerprint density at radius 2 is 1.93 bits per heavy atom. The van der Waals surface area contributed by atoms with Gasteiger partial charge in [0, 0.05) is 31.9 Å². The lowest BCUT2D eigenvalue weighted by molar-refractivity contribution is -0.109. The van der Waals surface area contributed by atoms with Gasteiger partial charge in [-0.25, -0.2) is 17.6 Å². The monoisotopic (exact) mass is 246 g/mol. The van der Waals surface area contributed by atoms with Crippen molar-refractivity contribution in [3.05, 3.63) is 0 Å². The molecule has 6 heteroatoms. The Morgan fingerprint density at radius 1 is 1.33 bits per heavy atom. The molecule has 15 heavy (non-hydrogen) atoms. The van der Waals surface area contributed by atoms with Crippen LogP contribution in [0.25, 0.3) is 0 Å². The number of alkyl halides is 4. The minimum atomic E-state index is -3.03. The summed E-state index contributed by atoms with van der Waals surface area (Å²) in [7, 11) is 0. The summed E-state index contributed by atoms with van der Waals surface area (Å²) in [5, 5.41) is -0.120. The van der Waals surface area contributed by atoms with E-state index in [1.165, 1.54) is 6.92 Å². The lowest BCUT2D eigenvalue weighted by Gasteiger charge is -2.15. The number of hydrogen-bond donors (Lipinski definition) is 0. The minimum absolute atomic E-state index is 0.120. The molecule has 0 aromatic heterocycles. The molecule has 0 aromatic rings. The molecule has 0 spiro atoms. The first kappa shape index (κ1) is 14.7. The molecule has 90 valence electrons. The molecule has 0 saturated carbocycles. The molecular weight excluding hydrogens is 232 g/mol. The standard InChI is InChI=1S/C9H14F4OS/c1-7(14)15-6-2-4-9(12,13)5-3-8(10)11/h8H,2-6H2,1H3. The Labute approximate surface area is 90.6 Å². The lowest BCUT2D eigenvalue weighted by Crippen LogP contribution is -2.17. The van der Waals surface area contributed by atoms with Crippen molar-refractivity contribution in [3.8, 4) is 0 Å². The van der Waals surface area contributed by atoms with Crippen molar-refractivity contribution in [2.24, 2.45) is 0 Å². The van der Waals surface area contributed by atoms with Crippen LogP contribution in [0.4, 0.5) is 17.6 Å². The summed E-state index contributed by atoms with van der Waals surface area (Å²) in [5.41, 5.74) is 0. The van der Waals surface area contributed by atoms with Crippen molar-refractivity contribution in [1.82, 2.24) is 0 Å². The number of thioether (sulfide) groups is 1. The normalized spacial score (nSPS) is 12.1. The third-order valence-corrected chi connectivity index (χ3v) is 2.62. The molecule has 0 unspecified atom stereocenters. The third kappa shape index (κ3) is 10.0. The van der Waals surface area contributed by atoms with Crippen molar-refractivity contribution in [2.75, 3.05) is 5.75 Å². The first-order valence-electron chi connectivity index (χ1n) is 4.63. The molecule has 0 amide bonds. The van der Waals surface area contributed by atoms with E-state index in [9.17, 15) is 22.4 Å². The molecule has 0 radical (unpaired) electrons. The first-order valence-corrected chi connectivity index (χ1v) is 5.61. The van der Waals surface area contributed by atoms with Crippen LogP contribution in [-0.2, 0) is 4.79 Å². The maximum absolute atomic E-state index is 12.9. The van der Waals surface area contributed by atoms with Crippen LogP contribution < -0.4 is 0 Å². The number of hydrogen-bond acceptors (Lipinski definition) is 2. The molecule has 0 bridgehead atoms. The zero-order chi connectivity index (χ0) is 11.9. The Kier molecular flexibility index (Phi) is 6.96. The highest BCUT2D eigenvalue weighted by Gasteiger charge is 2.29. The van der Waals surface area contributed by atoms with Gasteiger partial charge in [-0.05, 0) is 6.42 Å². The zero-order valence-corrected chi connectivity index (χ0v) is 9.26.